The normalized spacial score (nSPS) is 21.5. The Kier molecular flexibility index (Phi) is 5.31. The van der Waals surface area contributed by atoms with Crippen molar-refractivity contribution in [1.82, 2.24) is 0 Å². The van der Waals surface area contributed by atoms with Gasteiger partial charge in [-0.3, -0.25) is 0 Å². The van der Waals surface area contributed by atoms with Gasteiger partial charge in [-0.2, -0.15) is 0 Å². The van der Waals surface area contributed by atoms with E-state index in [0.29, 0.717) is 0 Å². The fraction of sp³-hybridized carbons (Fsp3) is 1.00. The van der Waals surface area contributed by atoms with E-state index in [9.17, 15) is 0 Å². The van der Waals surface area contributed by atoms with Gasteiger partial charge >= 0.3 is 0 Å². The van der Waals surface area contributed by atoms with Crippen LogP contribution in [-0.4, -0.2) is 63.1 Å². The van der Waals surface area contributed by atoms with Gasteiger partial charge in [0.2, 0.25) is 0 Å². The summed E-state index contributed by atoms with van der Waals surface area (Å²) in [6, 6.07) is -1.17. The number of hydrogen-bond acceptors (Lipinski definition) is 6. The molecule has 0 aliphatic heterocycles. The molecule has 0 radical (unpaired) electrons. The quantitative estimate of drug-likeness (QED) is 0.260. The first-order valence-corrected chi connectivity index (χ1v) is 3.56. The summed E-state index contributed by atoms with van der Waals surface area (Å²) in [6.07, 6.45) is -4.15. The van der Waals surface area contributed by atoms with Crippen molar-refractivity contribution in [2.45, 2.75) is 24.4 Å². The van der Waals surface area contributed by atoms with E-state index in [1.165, 1.54) is 0 Å². The molecule has 0 aromatic heterocycles. The van der Waals surface area contributed by atoms with Gasteiger partial charge in [-0.15, -0.1) is 0 Å². The van der Waals surface area contributed by atoms with Crippen molar-refractivity contribution in [2.75, 3.05) is 13.2 Å². The van der Waals surface area contributed by atoms with E-state index >= 15 is 0 Å². The second-order valence-corrected chi connectivity index (χ2v) is 2.57. The Hall–Kier alpha value is -0.240. The molecule has 0 saturated heterocycles. The standard InChI is InChI=1S/C6H15NO5/c7-5(3(10)1-8)6(12)4(11)2-9/h3-6,8-12H,1-2,7H2/t3-,4+,5-,6-/m1/s1. The zero-order valence-electron chi connectivity index (χ0n) is 6.54. The number of aliphatic hydroxyl groups is 5. The minimum Gasteiger partial charge on any atom is -0.394 e. The predicted molar refractivity (Wildman–Crippen MR) is 40.2 cm³/mol. The molecule has 0 bridgehead atoms. The summed E-state index contributed by atoms with van der Waals surface area (Å²) in [7, 11) is 0. The number of nitrogens with two attached hydrogens (primary N) is 1. The molecule has 0 unspecified atom stereocenters. The van der Waals surface area contributed by atoms with Gasteiger partial charge in [0, 0.05) is 0 Å². The second-order valence-electron chi connectivity index (χ2n) is 2.57. The van der Waals surface area contributed by atoms with Gasteiger partial charge in [0.1, 0.15) is 6.10 Å². The van der Waals surface area contributed by atoms with Crippen LogP contribution in [0, 0.1) is 0 Å². The Labute approximate surface area is 69.9 Å². The average molecular weight is 181 g/mol. The van der Waals surface area contributed by atoms with Crippen LogP contribution in [0.3, 0.4) is 0 Å². The third kappa shape index (κ3) is 3.02. The molecule has 0 amide bonds. The van der Waals surface area contributed by atoms with Gasteiger partial charge in [0.25, 0.3) is 0 Å². The molecule has 0 spiro atoms. The number of hydrogen-bond donors (Lipinski definition) is 6. The van der Waals surface area contributed by atoms with Crippen molar-refractivity contribution in [2.24, 2.45) is 5.73 Å². The van der Waals surface area contributed by atoms with Crippen LogP contribution < -0.4 is 5.73 Å². The van der Waals surface area contributed by atoms with Crippen molar-refractivity contribution in [1.29, 1.82) is 0 Å². The molecule has 4 atom stereocenters. The Bertz CT molecular complexity index is 109. The van der Waals surface area contributed by atoms with Crippen LogP contribution in [0.1, 0.15) is 0 Å². The zero-order chi connectivity index (χ0) is 9.72. The van der Waals surface area contributed by atoms with Crippen LogP contribution in [0.2, 0.25) is 0 Å². The van der Waals surface area contributed by atoms with Gasteiger partial charge in [-0.05, 0) is 0 Å². The molecule has 74 valence electrons. The highest BCUT2D eigenvalue weighted by molar-refractivity contribution is 4.83. The van der Waals surface area contributed by atoms with Crippen LogP contribution in [-0.2, 0) is 0 Å². The first kappa shape index (κ1) is 11.8. The van der Waals surface area contributed by atoms with Gasteiger partial charge < -0.3 is 31.3 Å². The summed E-state index contributed by atoms with van der Waals surface area (Å²) < 4.78 is 0. The van der Waals surface area contributed by atoms with Crippen LogP contribution in [0.25, 0.3) is 0 Å². The average Bonchev–Trinajstić information content (AvgIpc) is 2.12. The summed E-state index contributed by atoms with van der Waals surface area (Å²) in [4.78, 5) is 0. The van der Waals surface area contributed by atoms with Crippen molar-refractivity contribution >= 4 is 0 Å². The van der Waals surface area contributed by atoms with E-state index in [2.05, 4.69) is 0 Å². The molecular weight excluding hydrogens is 166 g/mol. The smallest absolute Gasteiger partial charge is 0.104 e. The lowest BCUT2D eigenvalue weighted by Crippen LogP contribution is -2.52. The molecular formula is C6H15NO5. The monoisotopic (exact) mass is 181 g/mol. The van der Waals surface area contributed by atoms with Crippen molar-refractivity contribution in [3.05, 3.63) is 0 Å². The summed E-state index contributed by atoms with van der Waals surface area (Å²) >= 11 is 0. The van der Waals surface area contributed by atoms with Crippen molar-refractivity contribution < 1.29 is 25.5 Å². The summed E-state index contributed by atoms with van der Waals surface area (Å²) in [6.45, 7) is -1.25. The Balaban J connectivity index is 3.99. The second kappa shape index (κ2) is 5.41. The molecule has 0 aliphatic rings. The molecule has 12 heavy (non-hydrogen) atoms. The maximum Gasteiger partial charge on any atom is 0.104 e. The van der Waals surface area contributed by atoms with Crippen LogP contribution in [0.5, 0.6) is 0 Å². The molecule has 0 aromatic rings. The van der Waals surface area contributed by atoms with Gasteiger partial charge in [0.05, 0.1) is 31.5 Å². The molecule has 0 heterocycles. The summed E-state index contributed by atoms with van der Waals surface area (Å²) in [5, 5.41) is 43.7. The lowest BCUT2D eigenvalue weighted by Gasteiger charge is -2.25. The highest BCUT2D eigenvalue weighted by atomic mass is 16.4. The van der Waals surface area contributed by atoms with E-state index in [1.54, 1.807) is 0 Å². The van der Waals surface area contributed by atoms with Crippen molar-refractivity contribution in [3.8, 4) is 0 Å². The maximum atomic E-state index is 9.08. The molecule has 7 N–H and O–H groups in total. The molecule has 0 aliphatic carbocycles. The molecule has 0 rings (SSSR count). The largest absolute Gasteiger partial charge is 0.394 e. The molecule has 0 aromatic carbocycles. The van der Waals surface area contributed by atoms with E-state index in [-0.39, 0.29) is 0 Å². The summed E-state index contributed by atoms with van der Waals surface area (Å²) in [5.74, 6) is 0. The highest BCUT2D eigenvalue weighted by Crippen LogP contribution is 2.01. The molecule has 0 saturated carbocycles. The summed E-state index contributed by atoms with van der Waals surface area (Å²) in [5.41, 5.74) is 5.22. The lowest BCUT2D eigenvalue weighted by molar-refractivity contribution is -0.0568. The molecule has 6 nitrogen and oxygen atoms in total. The topological polar surface area (TPSA) is 127 Å². The van der Waals surface area contributed by atoms with Gasteiger partial charge in [0.15, 0.2) is 0 Å². The Morgan fingerprint density at radius 1 is 0.917 bits per heavy atom. The fourth-order valence-corrected chi connectivity index (χ4v) is 0.714. The van der Waals surface area contributed by atoms with Gasteiger partial charge in [-0.1, -0.05) is 0 Å². The zero-order valence-corrected chi connectivity index (χ0v) is 6.54. The van der Waals surface area contributed by atoms with E-state index < -0.39 is 37.6 Å². The molecule has 0 fully saturated rings. The Morgan fingerprint density at radius 3 is 1.67 bits per heavy atom. The SMILES string of the molecule is N[C@@H]([C@H](O)[C@@H](O)CO)[C@H](O)CO. The van der Waals surface area contributed by atoms with Gasteiger partial charge in [-0.25, -0.2) is 0 Å². The fourth-order valence-electron chi connectivity index (χ4n) is 0.714. The van der Waals surface area contributed by atoms with E-state index in [0.717, 1.165) is 0 Å². The minimum atomic E-state index is -1.45. The van der Waals surface area contributed by atoms with Crippen molar-refractivity contribution in [3.63, 3.8) is 0 Å². The highest BCUT2D eigenvalue weighted by Gasteiger charge is 2.27. The van der Waals surface area contributed by atoms with Crippen LogP contribution in [0.15, 0.2) is 0 Å². The van der Waals surface area contributed by atoms with Crippen LogP contribution in [0.4, 0.5) is 0 Å². The number of rotatable bonds is 5. The van der Waals surface area contributed by atoms with E-state index in [4.69, 9.17) is 31.3 Å². The van der Waals surface area contributed by atoms with E-state index in [1.807, 2.05) is 0 Å². The third-order valence-corrected chi connectivity index (χ3v) is 1.61. The first-order chi connectivity index (χ1) is 5.54. The van der Waals surface area contributed by atoms with Crippen LogP contribution >= 0.6 is 0 Å². The lowest BCUT2D eigenvalue weighted by atomic mass is 10.0. The Morgan fingerprint density at radius 2 is 1.33 bits per heavy atom. The predicted octanol–water partition coefficient (Wildman–Crippen LogP) is -3.62. The minimum absolute atomic E-state index is 0.601. The first-order valence-electron chi connectivity index (χ1n) is 3.56. The third-order valence-electron chi connectivity index (χ3n) is 1.61. The molecule has 6 heteroatoms. The number of aliphatic hydroxyl groups excluding tert-OH is 5. The maximum absolute atomic E-state index is 9.08.